The third-order valence-electron chi connectivity index (χ3n) is 5.52. The maximum atomic E-state index is 6.03. The molecule has 158 valence electrons. The molecule has 2 aliphatic rings. The lowest BCUT2D eigenvalue weighted by atomic mass is 9.95. The van der Waals surface area contributed by atoms with Crippen molar-refractivity contribution in [2.75, 3.05) is 13.2 Å². The summed E-state index contributed by atoms with van der Waals surface area (Å²) in [6, 6.07) is 17.2. The first kappa shape index (κ1) is 20.6. The molecular formula is C26H32N2O2. The van der Waals surface area contributed by atoms with Crippen LogP contribution in [0, 0.1) is 11.8 Å². The molecule has 0 bridgehead atoms. The minimum Gasteiger partial charge on any atom is -0.475 e. The second-order valence-corrected chi connectivity index (χ2v) is 9.15. The predicted octanol–water partition coefficient (Wildman–Crippen LogP) is 5.74. The third kappa shape index (κ3) is 4.58. The van der Waals surface area contributed by atoms with E-state index in [2.05, 4.69) is 64.1 Å². The molecule has 2 atom stereocenters. The average molecular weight is 405 g/mol. The lowest BCUT2D eigenvalue weighted by Crippen LogP contribution is -2.09. The SMILES string of the molecule is CC(C)CC1COC(c2ccccc2-c2ccccc2C2=NC(CC(C)C)CO2)=N1. The molecule has 2 aromatic carbocycles. The summed E-state index contributed by atoms with van der Waals surface area (Å²) in [6.45, 7) is 10.2. The van der Waals surface area contributed by atoms with E-state index in [0.717, 1.165) is 46.9 Å². The van der Waals surface area contributed by atoms with Gasteiger partial charge in [-0.15, -0.1) is 0 Å². The summed E-state index contributed by atoms with van der Waals surface area (Å²) in [5.74, 6) is 2.71. The Kier molecular flexibility index (Phi) is 6.21. The number of aliphatic imine (C=N–C) groups is 2. The Morgan fingerprint density at radius 3 is 1.40 bits per heavy atom. The molecule has 0 saturated heterocycles. The van der Waals surface area contributed by atoms with Gasteiger partial charge in [-0.25, -0.2) is 9.98 Å². The first-order valence-electron chi connectivity index (χ1n) is 11.1. The summed E-state index contributed by atoms with van der Waals surface area (Å²) in [6.07, 6.45) is 2.09. The monoisotopic (exact) mass is 404 g/mol. The number of ether oxygens (including phenoxy) is 2. The van der Waals surface area contributed by atoms with Gasteiger partial charge in [0.1, 0.15) is 13.2 Å². The molecule has 0 amide bonds. The second-order valence-electron chi connectivity index (χ2n) is 9.15. The molecule has 0 radical (unpaired) electrons. The van der Waals surface area contributed by atoms with Gasteiger partial charge in [0.2, 0.25) is 11.8 Å². The largest absolute Gasteiger partial charge is 0.475 e. The van der Waals surface area contributed by atoms with Crippen LogP contribution in [-0.2, 0) is 9.47 Å². The van der Waals surface area contributed by atoms with E-state index < -0.39 is 0 Å². The highest BCUT2D eigenvalue weighted by atomic mass is 16.5. The van der Waals surface area contributed by atoms with Crippen molar-refractivity contribution in [3.8, 4) is 11.1 Å². The molecular weight excluding hydrogens is 372 g/mol. The van der Waals surface area contributed by atoms with Crippen molar-refractivity contribution in [3.05, 3.63) is 59.7 Å². The maximum Gasteiger partial charge on any atom is 0.217 e. The van der Waals surface area contributed by atoms with Crippen LogP contribution in [0.1, 0.15) is 51.7 Å². The Morgan fingerprint density at radius 1 is 0.667 bits per heavy atom. The molecule has 2 aliphatic heterocycles. The summed E-state index contributed by atoms with van der Waals surface area (Å²) in [7, 11) is 0. The van der Waals surface area contributed by atoms with E-state index in [4.69, 9.17) is 19.5 Å². The molecule has 4 nitrogen and oxygen atoms in total. The number of hydrogen-bond donors (Lipinski definition) is 0. The molecule has 0 fully saturated rings. The Hall–Kier alpha value is -2.62. The first-order chi connectivity index (χ1) is 14.5. The van der Waals surface area contributed by atoms with E-state index in [1.165, 1.54) is 0 Å². The molecule has 0 saturated carbocycles. The van der Waals surface area contributed by atoms with Crippen molar-refractivity contribution < 1.29 is 9.47 Å². The predicted molar refractivity (Wildman–Crippen MR) is 123 cm³/mol. The standard InChI is InChI=1S/C26H32N2O2/c1-17(2)13-19-15-29-25(27-19)23-11-7-5-9-21(23)22-10-6-8-12-24(22)26-28-20(16-30-26)14-18(3)4/h5-12,17-20H,13-16H2,1-4H3. The fourth-order valence-electron chi connectivity index (χ4n) is 4.26. The van der Waals surface area contributed by atoms with E-state index in [0.29, 0.717) is 25.0 Å². The van der Waals surface area contributed by atoms with Gasteiger partial charge in [0, 0.05) is 11.1 Å². The summed E-state index contributed by atoms with van der Waals surface area (Å²) in [5.41, 5.74) is 4.29. The van der Waals surface area contributed by atoms with Gasteiger partial charge in [0.05, 0.1) is 12.1 Å². The summed E-state index contributed by atoms with van der Waals surface area (Å²) < 4.78 is 12.1. The van der Waals surface area contributed by atoms with Gasteiger partial charge in [-0.2, -0.15) is 0 Å². The van der Waals surface area contributed by atoms with Crippen LogP contribution in [0.4, 0.5) is 0 Å². The van der Waals surface area contributed by atoms with Crippen LogP contribution < -0.4 is 0 Å². The second kappa shape index (κ2) is 9.03. The van der Waals surface area contributed by atoms with E-state index in [-0.39, 0.29) is 12.1 Å². The molecule has 4 heteroatoms. The van der Waals surface area contributed by atoms with Crippen molar-refractivity contribution in [2.24, 2.45) is 21.8 Å². The van der Waals surface area contributed by atoms with Crippen LogP contribution >= 0.6 is 0 Å². The Balaban J connectivity index is 1.69. The van der Waals surface area contributed by atoms with Crippen LogP contribution in [0.15, 0.2) is 58.5 Å². The van der Waals surface area contributed by atoms with E-state index in [9.17, 15) is 0 Å². The van der Waals surface area contributed by atoms with Crippen molar-refractivity contribution in [3.63, 3.8) is 0 Å². The zero-order valence-electron chi connectivity index (χ0n) is 18.5. The fraction of sp³-hybridized carbons (Fsp3) is 0.462. The quantitative estimate of drug-likeness (QED) is 0.591. The zero-order valence-corrected chi connectivity index (χ0v) is 18.5. The van der Waals surface area contributed by atoms with Crippen molar-refractivity contribution in [1.29, 1.82) is 0 Å². The first-order valence-corrected chi connectivity index (χ1v) is 11.1. The van der Waals surface area contributed by atoms with Gasteiger partial charge >= 0.3 is 0 Å². The topological polar surface area (TPSA) is 43.2 Å². The molecule has 30 heavy (non-hydrogen) atoms. The molecule has 0 N–H and O–H groups in total. The van der Waals surface area contributed by atoms with Crippen LogP contribution in [-0.4, -0.2) is 37.1 Å². The molecule has 2 aromatic rings. The van der Waals surface area contributed by atoms with Gasteiger partial charge in [-0.1, -0.05) is 64.1 Å². The van der Waals surface area contributed by atoms with Gasteiger partial charge in [-0.3, -0.25) is 0 Å². The highest BCUT2D eigenvalue weighted by molar-refractivity contribution is 6.07. The van der Waals surface area contributed by atoms with E-state index in [1.54, 1.807) is 0 Å². The molecule has 0 aromatic heterocycles. The van der Waals surface area contributed by atoms with Crippen molar-refractivity contribution in [2.45, 2.75) is 52.6 Å². The minimum atomic E-state index is 0.239. The smallest absolute Gasteiger partial charge is 0.217 e. The Bertz CT molecular complexity index is 868. The van der Waals surface area contributed by atoms with Gasteiger partial charge < -0.3 is 9.47 Å². The number of hydrogen-bond acceptors (Lipinski definition) is 4. The summed E-state index contributed by atoms with van der Waals surface area (Å²) >= 11 is 0. The van der Waals surface area contributed by atoms with E-state index in [1.807, 2.05) is 12.1 Å². The molecule has 2 heterocycles. The van der Waals surface area contributed by atoms with Crippen LogP contribution in [0.2, 0.25) is 0 Å². The average Bonchev–Trinajstić information content (AvgIpc) is 3.37. The Labute approximate surface area is 180 Å². The number of rotatable bonds is 7. The van der Waals surface area contributed by atoms with Crippen molar-refractivity contribution in [1.82, 2.24) is 0 Å². The maximum absolute atomic E-state index is 6.03. The van der Waals surface area contributed by atoms with Gasteiger partial charge in [-0.05, 0) is 47.9 Å². The van der Waals surface area contributed by atoms with Crippen molar-refractivity contribution >= 4 is 11.8 Å². The van der Waals surface area contributed by atoms with Crippen LogP contribution in [0.3, 0.4) is 0 Å². The van der Waals surface area contributed by atoms with Crippen LogP contribution in [0.5, 0.6) is 0 Å². The highest BCUT2D eigenvalue weighted by Gasteiger charge is 2.26. The number of nitrogens with zero attached hydrogens (tertiary/aromatic N) is 2. The fourth-order valence-corrected chi connectivity index (χ4v) is 4.26. The van der Waals surface area contributed by atoms with Gasteiger partial charge in [0.25, 0.3) is 0 Å². The van der Waals surface area contributed by atoms with Crippen LogP contribution in [0.25, 0.3) is 11.1 Å². The minimum absolute atomic E-state index is 0.239. The molecule has 0 aliphatic carbocycles. The lowest BCUT2D eigenvalue weighted by Gasteiger charge is -2.13. The molecule has 4 rings (SSSR count). The zero-order chi connectivity index (χ0) is 21.1. The molecule has 0 spiro atoms. The summed E-state index contributed by atoms with van der Waals surface area (Å²) in [4.78, 5) is 9.78. The third-order valence-corrected chi connectivity index (χ3v) is 5.52. The lowest BCUT2D eigenvalue weighted by molar-refractivity contribution is 0.301. The number of benzene rings is 2. The van der Waals surface area contributed by atoms with E-state index >= 15 is 0 Å². The highest BCUT2D eigenvalue weighted by Crippen LogP contribution is 2.31. The Morgan fingerprint density at radius 2 is 1.03 bits per heavy atom. The van der Waals surface area contributed by atoms with Gasteiger partial charge in [0.15, 0.2) is 0 Å². The summed E-state index contributed by atoms with van der Waals surface area (Å²) in [5, 5.41) is 0. The normalized spacial score (nSPS) is 20.9. The molecule has 2 unspecified atom stereocenters.